The molecule has 3 heterocycles. The first kappa shape index (κ1) is 24.2. The highest BCUT2D eigenvalue weighted by atomic mass is 32.2. The summed E-state index contributed by atoms with van der Waals surface area (Å²) in [5.41, 5.74) is 5.59. The van der Waals surface area contributed by atoms with Gasteiger partial charge in [-0.05, 0) is 72.7 Å². The van der Waals surface area contributed by atoms with Crippen molar-refractivity contribution in [3.63, 3.8) is 0 Å². The van der Waals surface area contributed by atoms with Crippen molar-refractivity contribution in [3.05, 3.63) is 58.8 Å². The van der Waals surface area contributed by atoms with Crippen molar-refractivity contribution < 1.29 is 4.21 Å². The van der Waals surface area contributed by atoms with E-state index in [2.05, 4.69) is 60.0 Å². The van der Waals surface area contributed by atoms with Crippen molar-refractivity contribution in [3.8, 4) is 6.07 Å². The molecule has 1 saturated carbocycles. The van der Waals surface area contributed by atoms with E-state index in [1.807, 2.05) is 0 Å². The van der Waals surface area contributed by atoms with Gasteiger partial charge in [0.15, 0.2) is 11.6 Å². The highest BCUT2D eigenvalue weighted by molar-refractivity contribution is 7.92. The van der Waals surface area contributed by atoms with Crippen molar-refractivity contribution in [1.82, 2.24) is 19.9 Å². The van der Waals surface area contributed by atoms with E-state index in [-0.39, 0.29) is 0 Å². The number of aromatic nitrogens is 3. The SMILES string of the molecule is CCN1CCc2c(cc(Nc3ncc(C#N)c(Nc4cccc(N=S(C)(C)=O)n4)n3)cc2C2CC2)C1. The Hall–Kier alpha value is -3.55. The number of likely N-dealkylation sites (N-methyl/N-ethyl adjacent to an activating group) is 1. The molecule has 10 heteroatoms. The molecular formula is C26H30N8OS. The van der Waals surface area contributed by atoms with Gasteiger partial charge in [-0.25, -0.2) is 14.2 Å². The molecule has 1 aliphatic carbocycles. The van der Waals surface area contributed by atoms with Crippen molar-refractivity contribution in [1.29, 1.82) is 5.26 Å². The van der Waals surface area contributed by atoms with E-state index in [1.165, 1.54) is 35.7 Å². The maximum atomic E-state index is 12.0. The molecule has 0 radical (unpaired) electrons. The second-order valence-electron chi connectivity index (χ2n) is 9.57. The molecule has 0 atom stereocenters. The zero-order chi connectivity index (χ0) is 25.3. The van der Waals surface area contributed by atoms with Gasteiger partial charge in [-0.3, -0.25) is 4.90 Å². The standard InChI is InChI=1S/C26H30N8OS/c1-4-34-11-10-21-18(16-34)12-20(13-22(21)17-8-9-17)29-26-28-15-19(14-27)25(32-26)31-23-6-5-7-24(30-23)33-36(2,3)35/h5-7,12-13,15,17H,4,8-11,16H2,1-3H3,(H2,28,29,30,31,32). The summed E-state index contributed by atoms with van der Waals surface area (Å²) in [6.45, 7) is 5.31. The van der Waals surface area contributed by atoms with Crippen LogP contribution in [0.25, 0.3) is 0 Å². The number of hydrogen-bond donors (Lipinski definition) is 2. The third-order valence-corrected chi connectivity index (χ3v) is 7.00. The van der Waals surface area contributed by atoms with E-state index >= 15 is 0 Å². The fourth-order valence-electron chi connectivity index (χ4n) is 4.53. The van der Waals surface area contributed by atoms with Crippen LogP contribution in [0.1, 0.15) is 47.9 Å². The molecule has 0 bridgehead atoms. The molecule has 1 aromatic carbocycles. The van der Waals surface area contributed by atoms with Crippen LogP contribution in [0.4, 0.5) is 29.1 Å². The van der Waals surface area contributed by atoms with Gasteiger partial charge in [-0.15, -0.1) is 0 Å². The number of pyridine rings is 1. The number of fused-ring (bicyclic) bond motifs is 1. The summed E-state index contributed by atoms with van der Waals surface area (Å²) in [5.74, 6) is 2.19. The molecular weight excluding hydrogens is 472 g/mol. The number of nitrogens with one attached hydrogen (secondary N) is 2. The summed E-state index contributed by atoms with van der Waals surface area (Å²) < 4.78 is 16.2. The first-order valence-electron chi connectivity index (χ1n) is 12.1. The lowest BCUT2D eigenvalue weighted by Crippen LogP contribution is -2.30. The van der Waals surface area contributed by atoms with Gasteiger partial charge in [0.25, 0.3) is 0 Å². The molecule has 0 saturated heterocycles. The molecule has 0 unspecified atom stereocenters. The van der Waals surface area contributed by atoms with Crippen molar-refractivity contribution in [2.75, 3.05) is 36.2 Å². The monoisotopic (exact) mass is 502 g/mol. The number of nitrogens with zero attached hydrogens (tertiary/aromatic N) is 6. The van der Waals surface area contributed by atoms with Gasteiger partial charge < -0.3 is 10.6 Å². The second-order valence-corrected chi connectivity index (χ2v) is 12.1. The Labute approximate surface area is 212 Å². The first-order chi connectivity index (χ1) is 17.3. The molecule has 3 aromatic rings. The van der Waals surface area contributed by atoms with Gasteiger partial charge in [0.1, 0.15) is 17.5 Å². The quantitative estimate of drug-likeness (QED) is 0.471. The minimum absolute atomic E-state index is 0.294. The summed E-state index contributed by atoms with van der Waals surface area (Å²) in [6.07, 6.45) is 8.20. The normalized spacial score (nSPS) is 15.6. The smallest absolute Gasteiger partial charge is 0.229 e. The zero-order valence-corrected chi connectivity index (χ0v) is 21.6. The van der Waals surface area contributed by atoms with Gasteiger partial charge in [0.05, 0.1) is 6.20 Å². The third-order valence-electron chi connectivity index (χ3n) is 6.37. The number of rotatable bonds is 7. The molecule has 0 amide bonds. The Morgan fingerprint density at radius 3 is 2.78 bits per heavy atom. The van der Waals surface area contributed by atoms with Crippen LogP contribution in [0.15, 0.2) is 40.9 Å². The first-order valence-corrected chi connectivity index (χ1v) is 14.5. The van der Waals surface area contributed by atoms with E-state index in [4.69, 9.17) is 0 Å². The van der Waals surface area contributed by atoms with E-state index in [1.54, 1.807) is 30.7 Å². The Balaban J connectivity index is 1.43. The molecule has 186 valence electrons. The van der Waals surface area contributed by atoms with Crippen molar-refractivity contribution >= 4 is 38.8 Å². The Morgan fingerprint density at radius 1 is 1.22 bits per heavy atom. The van der Waals surface area contributed by atoms with Crippen LogP contribution >= 0.6 is 0 Å². The fourth-order valence-corrected chi connectivity index (χ4v) is 5.08. The van der Waals surface area contributed by atoms with E-state index in [0.717, 1.165) is 31.7 Å². The average Bonchev–Trinajstić information content (AvgIpc) is 3.68. The predicted molar refractivity (Wildman–Crippen MR) is 143 cm³/mol. The largest absolute Gasteiger partial charge is 0.324 e. The molecule has 2 aliphatic rings. The van der Waals surface area contributed by atoms with Gasteiger partial charge in [-0.1, -0.05) is 13.0 Å². The van der Waals surface area contributed by atoms with Crippen LogP contribution < -0.4 is 10.6 Å². The number of benzene rings is 1. The highest BCUT2D eigenvalue weighted by Crippen LogP contribution is 2.44. The maximum absolute atomic E-state index is 12.0. The zero-order valence-electron chi connectivity index (χ0n) is 20.8. The molecule has 2 N–H and O–H groups in total. The van der Waals surface area contributed by atoms with Crippen molar-refractivity contribution in [2.45, 2.75) is 38.6 Å². The Morgan fingerprint density at radius 2 is 2.06 bits per heavy atom. The molecule has 9 nitrogen and oxygen atoms in total. The summed E-state index contributed by atoms with van der Waals surface area (Å²) in [6, 6.07) is 11.8. The second kappa shape index (κ2) is 9.84. The van der Waals surface area contributed by atoms with Crippen LogP contribution in [-0.4, -0.2) is 49.7 Å². The van der Waals surface area contributed by atoms with Crippen LogP contribution in [0.3, 0.4) is 0 Å². The Bertz CT molecular complexity index is 1460. The highest BCUT2D eigenvalue weighted by Gasteiger charge is 2.29. The summed E-state index contributed by atoms with van der Waals surface area (Å²) >= 11 is 0. The van der Waals surface area contributed by atoms with Crippen LogP contribution in [-0.2, 0) is 22.7 Å². The Kier molecular flexibility index (Phi) is 6.60. The molecule has 2 aromatic heterocycles. The van der Waals surface area contributed by atoms with Crippen LogP contribution in [0.2, 0.25) is 0 Å². The topological polar surface area (TPSA) is 119 Å². The molecule has 1 aliphatic heterocycles. The maximum Gasteiger partial charge on any atom is 0.229 e. The third kappa shape index (κ3) is 5.64. The van der Waals surface area contributed by atoms with E-state index in [0.29, 0.717) is 34.9 Å². The molecule has 36 heavy (non-hydrogen) atoms. The fraction of sp³-hybridized carbons (Fsp3) is 0.385. The summed E-state index contributed by atoms with van der Waals surface area (Å²) in [5, 5.41) is 16.1. The number of hydrogen-bond acceptors (Lipinski definition) is 9. The van der Waals surface area contributed by atoms with Crippen molar-refractivity contribution in [2.24, 2.45) is 4.36 Å². The number of nitriles is 1. The lowest BCUT2D eigenvalue weighted by Gasteiger charge is -2.30. The van der Waals surface area contributed by atoms with Gasteiger partial charge in [-0.2, -0.15) is 14.6 Å². The minimum Gasteiger partial charge on any atom is -0.324 e. The minimum atomic E-state index is -2.34. The summed E-state index contributed by atoms with van der Waals surface area (Å²) in [4.78, 5) is 15.8. The van der Waals surface area contributed by atoms with Gasteiger partial charge in [0.2, 0.25) is 5.95 Å². The summed E-state index contributed by atoms with van der Waals surface area (Å²) in [7, 11) is -2.34. The lowest BCUT2D eigenvalue weighted by atomic mass is 9.91. The van der Waals surface area contributed by atoms with Crippen LogP contribution in [0.5, 0.6) is 0 Å². The number of anilines is 4. The average molecular weight is 503 g/mol. The van der Waals surface area contributed by atoms with Crippen LogP contribution in [0, 0.1) is 11.3 Å². The van der Waals surface area contributed by atoms with Gasteiger partial charge >= 0.3 is 0 Å². The molecule has 5 rings (SSSR count). The molecule has 1 fully saturated rings. The van der Waals surface area contributed by atoms with E-state index < -0.39 is 9.73 Å². The van der Waals surface area contributed by atoms with Gasteiger partial charge in [0, 0.05) is 41.0 Å². The molecule has 0 spiro atoms. The predicted octanol–water partition coefficient (Wildman–Crippen LogP) is 4.84. The lowest BCUT2D eigenvalue weighted by molar-refractivity contribution is 0.267. The van der Waals surface area contributed by atoms with E-state index in [9.17, 15) is 9.47 Å².